The van der Waals surface area contributed by atoms with Crippen molar-refractivity contribution in [1.29, 1.82) is 0 Å². The van der Waals surface area contributed by atoms with Crippen LogP contribution in [0.5, 0.6) is 34.5 Å². The third-order valence-corrected chi connectivity index (χ3v) is 15.9. The normalized spacial score (nSPS) is 11.1. The number of amides is 6. The van der Waals surface area contributed by atoms with Crippen LogP contribution < -0.4 is 60.3 Å². The van der Waals surface area contributed by atoms with Crippen LogP contribution in [0.1, 0.15) is 146 Å². The number of para-hydroxylation sites is 1. The lowest BCUT2D eigenvalue weighted by Gasteiger charge is -2.08. The monoisotopic (exact) mass is 1550 g/mol. The van der Waals surface area contributed by atoms with Crippen LogP contribution in [0.25, 0.3) is 65.5 Å². The van der Waals surface area contributed by atoms with Gasteiger partial charge in [-0.15, -0.1) is 13.2 Å². The molecule has 12 N–H and O–H groups in total. The van der Waals surface area contributed by atoms with E-state index in [4.69, 9.17) is 58.5 Å². The van der Waals surface area contributed by atoms with E-state index in [0.29, 0.717) is 71.8 Å². The SMILES string of the molecule is CC(C)NC(=O)c1nc2c(OC(F)(F)F)cccc2[nH]1.COc1cc(Cl)c2[nH]c(C(=O)NC(C)C)cc2c1.COc1cc(Cl)cc2[nH]c(C(=O)NC(C)C)cc12.COc1ccc(Cl)c2[nH]c(C(=O)NC(C)C)cc12.COc1ccc2[nH]c(C(=O)NC(C)C)cc2c1.COc1cccc2[nH]c(C(=O)NC(C)C)cc12. The third-order valence-electron chi connectivity index (χ3n) is 15.0. The van der Waals surface area contributed by atoms with Gasteiger partial charge in [0, 0.05) is 85.3 Å². The lowest BCUT2D eigenvalue weighted by atomic mass is 10.2. The molecule has 6 heterocycles. The summed E-state index contributed by atoms with van der Waals surface area (Å²) in [4.78, 5) is 92.8. The van der Waals surface area contributed by atoms with Crippen LogP contribution in [-0.4, -0.2) is 148 Å². The first-order valence-corrected chi connectivity index (χ1v) is 35.2. The van der Waals surface area contributed by atoms with Crippen molar-refractivity contribution in [3.8, 4) is 34.5 Å². The van der Waals surface area contributed by atoms with Crippen LogP contribution in [0.4, 0.5) is 13.2 Å². The molecule has 6 aromatic carbocycles. The zero-order valence-corrected chi connectivity index (χ0v) is 64.9. The van der Waals surface area contributed by atoms with E-state index in [1.165, 1.54) is 12.1 Å². The van der Waals surface area contributed by atoms with Crippen LogP contribution in [-0.2, 0) is 0 Å². The maximum absolute atomic E-state index is 12.3. The first kappa shape index (κ1) is 84.0. The number of hydrogen-bond acceptors (Lipinski definition) is 13. The Bertz CT molecular complexity index is 5130. The number of ether oxygens (including phenoxy) is 6. The Hall–Kier alpha value is -11.2. The van der Waals surface area contributed by atoms with Crippen molar-refractivity contribution >= 4 is 136 Å². The number of H-pyrrole nitrogens is 6. The highest BCUT2D eigenvalue weighted by atomic mass is 35.5. The van der Waals surface area contributed by atoms with Gasteiger partial charge in [0.15, 0.2) is 11.6 Å². The second-order valence-corrected chi connectivity index (χ2v) is 27.3. The number of nitrogens with zero attached hydrogens (tertiary/aromatic N) is 1. The second-order valence-electron chi connectivity index (χ2n) is 26.0. The van der Waals surface area contributed by atoms with Crippen molar-refractivity contribution in [2.45, 2.75) is 126 Å². The van der Waals surface area contributed by atoms with E-state index in [0.717, 1.165) is 66.6 Å². The fraction of sp³-hybridized carbons (Fsp3) is 0.312. The number of aromatic amines is 6. The van der Waals surface area contributed by atoms with Crippen molar-refractivity contribution in [3.63, 3.8) is 0 Å². The van der Waals surface area contributed by atoms with E-state index in [-0.39, 0.29) is 77.1 Å². The number of hydrogen-bond donors (Lipinski definition) is 12. The number of carbonyl (C=O) groups excluding carboxylic acids is 6. The molecule has 25 nitrogen and oxygen atoms in total. The number of methoxy groups -OCH3 is 5. The molecule has 12 aromatic rings. The summed E-state index contributed by atoms with van der Waals surface area (Å²) in [5.41, 5.74) is 6.92. The molecule has 0 saturated heterocycles. The molecule has 576 valence electrons. The predicted molar refractivity (Wildman–Crippen MR) is 418 cm³/mol. The summed E-state index contributed by atoms with van der Waals surface area (Å²) in [6, 6.07) is 35.3. The van der Waals surface area contributed by atoms with Gasteiger partial charge in [-0.3, -0.25) is 28.8 Å². The largest absolute Gasteiger partial charge is 0.573 e. The summed E-state index contributed by atoms with van der Waals surface area (Å²) in [6.07, 6.45) is -4.81. The maximum atomic E-state index is 12.3. The van der Waals surface area contributed by atoms with Gasteiger partial charge in [-0.25, -0.2) is 4.98 Å². The molecular weight excluding hydrogens is 1460 g/mol. The lowest BCUT2D eigenvalue weighted by Crippen LogP contribution is -2.30. The van der Waals surface area contributed by atoms with E-state index in [2.05, 4.69) is 71.5 Å². The van der Waals surface area contributed by atoms with Gasteiger partial charge < -0.3 is 90.2 Å². The Morgan fingerprint density at radius 2 is 0.796 bits per heavy atom. The van der Waals surface area contributed by atoms with Crippen molar-refractivity contribution in [3.05, 3.63) is 171 Å². The molecule has 0 saturated carbocycles. The van der Waals surface area contributed by atoms with E-state index in [1.807, 2.05) is 124 Å². The molecule has 0 radical (unpaired) electrons. The Labute approximate surface area is 636 Å². The third kappa shape index (κ3) is 23.1. The lowest BCUT2D eigenvalue weighted by molar-refractivity contribution is -0.274. The van der Waals surface area contributed by atoms with E-state index < -0.39 is 18.0 Å². The van der Waals surface area contributed by atoms with Gasteiger partial charge in [0.05, 0.1) is 67.7 Å². The standard InChI is InChI=1S/3C13H15ClN2O2.2C13H16N2O2.C12H12F3N3O2/c1-7(2)15-13(17)11-6-9-10(16-11)4-8(14)5-12(9)18-3;1-7(2)15-13(17)11-5-8-4-9(18-3)6-10(14)12(8)16-11;1-7(2)15-13(17)10-6-8-11(18-3)5-4-9(14)12(8)16-10;1-8(2)14-13(16)12-7-9-6-10(17-3)4-5-11(9)15-12;1-8(2)14-13(16)11-7-9-10(15-11)5-4-6-12(9)17-3;1-6(2)16-11(19)10-17-7-4-3-5-8(9(7)18-10)20-12(13,14)15/h3*4-7,16H,1-3H3,(H,15,17);2*4-8,15H,1-3H3,(H,14,16);3-6H,1-2H3,(H,16,19)(H,17,18). The Morgan fingerprint density at radius 3 is 1.31 bits per heavy atom. The molecule has 0 aliphatic heterocycles. The zero-order valence-electron chi connectivity index (χ0n) is 62.6. The van der Waals surface area contributed by atoms with Gasteiger partial charge in [-0.2, -0.15) is 0 Å². The molecule has 108 heavy (non-hydrogen) atoms. The first-order chi connectivity index (χ1) is 51.0. The number of aromatic nitrogens is 7. The molecule has 0 bridgehead atoms. The van der Waals surface area contributed by atoms with Crippen molar-refractivity contribution in [1.82, 2.24) is 66.8 Å². The summed E-state index contributed by atoms with van der Waals surface area (Å²) in [7, 11) is 7.99. The van der Waals surface area contributed by atoms with Crippen molar-refractivity contribution in [2.24, 2.45) is 0 Å². The Kier molecular flexibility index (Phi) is 29.4. The number of imidazole rings is 1. The maximum Gasteiger partial charge on any atom is 0.573 e. The number of alkyl halides is 3. The summed E-state index contributed by atoms with van der Waals surface area (Å²) in [5.74, 6) is 1.93. The van der Waals surface area contributed by atoms with E-state index >= 15 is 0 Å². The van der Waals surface area contributed by atoms with E-state index in [1.54, 1.807) is 97.9 Å². The smallest absolute Gasteiger partial charge is 0.497 e. The van der Waals surface area contributed by atoms with Gasteiger partial charge in [-0.1, -0.05) is 46.9 Å². The number of halogens is 6. The minimum atomic E-state index is -4.81. The molecule has 0 atom stereocenters. The summed E-state index contributed by atoms with van der Waals surface area (Å²) in [6.45, 7) is 22.7. The van der Waals surface area contributed by atoms with Crippen LogP contribution >= 0.6 is 34.8 Å². The molecule has 6 amide bonds. The predicted octanol–water partition coefficient (Wildman–Crippen LogP) is 16.1. The van der Waals surface area contributed by atoms with Crippen molar-refractivity contribution in [2.75, 3.05) is 35.5 Å². The molecular formula is C77H89Cl3F3N13O12. The summed E-state index contributed by atoms with van der Waals surface area (Å²) >= 11 is 18.2. The zero-order chi connectivity index (χ0) is 79.6. The van der Waals surface area contributed by atoms with Crippen LogP contribution in [0.2, 0.25) is 15.1 Å². The fourth-order valence-corrected chi connectivity index (χ4v) is 11.2. The number of benzene rings is 6. The highest BCUT2D eigenvalue weighted by molar-refractivity contribution is 6.36. The highest BCUT2D eigenvalue weighted by Crippen LogP contribution is 2.35. The average Bonchev–Trinajstić information content (AvgIpc) is 1.77. The minimum absolute atomic E-state index is 0.0428. The Balaban J connectivity index is 0.000000181. The number of rotatable bonds is 18. The van der Waals surface area contributed by atoms with Gasteiger partial charge >= 0.3 is 6.36 Å². The molecule has 6 aromatic heterocycles. The first-order valence-electron chi connectivity index (χ1n) is 34.0. The molecule has 31 heteroatoms. The summed E-state index contributed by atoms with van der Waals surface area (Å²) < 4.78 is 66.7. The molecule has 0 unspecified atom stereocenters. The molecule has 12 rings (SSSR count). The topological polar surface area (TPSA) is 338 Å². The summed E-state index contributed by atoms with van der Waals surface area (Å²) in [5, 5.41) is 22.8. The second kappa shape index (κ2) is 37.8. The molecule has 0 aliphatic rings. The Morgan fingerprint density at radius 1 is 0.370 bits per heavy atom. The highest BCUT2D eigenvalue weighted by Gasteiger charge is 2.33. The number of carbonyl (C=O) groups is 6. The van der Waals surface area contributed by atoms with Gasteiger partial charge in [-0.05, 0) is 186 Å². The quantitative estimate of drug-likeness (QED) is 0.0381. The molecule has 0 aliphatic carbocycles. The minimum Gasteiger partial charge on any atom is -0.497 e. The molecule has 0 spiro atoms. The number of nitrogens with one attached hydrogen (secondary N) is 12. The van der Waals surface area contributed by atoms with Crippen molar-refractivity contribution < 1.29 is 70.4 Å². The van der Waals surface area contributed by atoms with E-state index in [9.17, 15) is 41.9 Å². The van der Waals surface area contributed by atoms with Gasteiger partial charge in [0.2, 0.25) is 0 Å². The van der Waals surface area contributed by atoms with Gasteiger partial charge in [0.25, 0.3) is 35.4 Å². The van der Waals surface area contributed by atoms with Gasteiger partial charge in [0.1, 0.15) is 62.7 Å². The molecule has 0 fully saturated rings. The van der Waals surface area contributed by atoms with Crippen LogP contribution in [0, 0.1) is 0 Å². The average molecular weight is 1550 g/mol. The van der Waals surface area contributed by atoms with Crippen LogP contribution in [0.15, 0.2) is 121 Å². The fourth-order valence-electron chi connectivity index (χ4n) is 10.5. The van der Waals surface area contributed by atoms with Crippen LogP contribution in [0.3, 0.4) is 0 Å². The number of fused-ring (bicyclic) bond motifs is 6.